The quantitative estimate of drug-likeness (QED) is 0.348. The Kier molecular flexibility index (Phi) is 9.56. The number of carbonyl (C=O) groups is 3. The van der Waals surface area contributed by atoms with E-state index in [1.54, 1.807) is 45.0 Å². The number of sulfonamides is 1. The van der Waals surface area contributed by atoms with Crippen LogP contribution in [-0.4, -0.2) is 45.5 Å². The molecule has 1 heterocycles. The monoisotopic (exact) mass is 544 g/mol. The zero-order valence-corrected chi connectivity index (χ0v) is 22.2. The van der Waals surface area contributed by atoms with Crippen molar-refractivity contribution in [2.75, 3.05) is 18.5 Å². The molecule has 0 aliphatic carbocycles. The molecule has 0 radical (unpaired) electrons. The summed E-state index contributed by atoms with van der Waals surface area (Å²) in [5, 5.41) is 2.59. The predicted octanol–water partition coefficient (Wildman–Crippen LogP) is 4.08. The summed E-state index contributed by atoms with van der Waals surface area (Å²) in [7, 11) is -3.98. The minimum Gasteiger partial charge on any atom is -0.462 e. The summed E-state index contributed by atoms with van der Waals surface area (Å²) in [4.78, 5) is 38.7. The number of thiophene rings is 1. The van der Waals surface area contributed by atoms with Gasteiger partial charge in [0.25, 0.3) is 5.91 Å². The lowest BCUT2D eigenvalue weighted by atomic mass is 10.1. The van der Waals surface area contributed by atoms with Crippen LogP contribution in [0, 0.1) is 5.92 Å². The standard InChI is InChI=1S/C26H28N2O7S2/c1-4-34-26(31)24-20(15-21(36-24)18-11-7-5-8-12-18)27-22(29)16-35-25(30)23(17(2)3)28-37(32,33)19-13-9-6-10-14-19/h5-15,17,23,28H,4,16H2,1-3H3,(H,27,29). The third kappa shape index (κ3) is 7.48. The Balaban J connectivity index is 1.70. The largest absolute Gasteiger partial charge is 0.462 e. The number of anilines is 1. The van der Waals surface area contributed by atoms with Crippen molar-refractivity contribution < 1.29 is 32.3 Å². The molecule has 3 aromatic rings. The maximum Gasteiger partial charge on any atom is 0.350 e. The van der Waals surface area contributed by atoms with Gasteiger partial charge in [0.1, 0.15) is 10.9 Å². The second-order valence-corrected chi connectivity index (χ2v) is 11.0. The molecule has 196 valence electrons. The molecule has 0 aliphatic rings. The topological polar surface area (TPSA) is 128 Å². The van der Waals surface area contributed by atoms with Gasteiger partial charge in [-0.25, -0.2) is 13.2 Å². The van der Waals surface area contributed by atoms with E-state index in [4.69, 9.17) is 9.47 Å². The normalized spacial score (nSPS) is 12.1. The minimum absolute atomic E-state index is 0.00404. The minimum atomic E-state index is -3.98. The van der Waals surface area contributed by atoms with Crippen molar-refractivity contribution in [2.24, 2.45) is 5.92 Å². The van der Waals surface area contributed by atoms with Crippen molar-refractivity contribution in [3.05, 3.63) is 71.6 Å². The number of nitrogens with one attached hydrogen (secondary N) is 2. The Morgan fingerprint density at radius 1 is 0.946 bits per heavy atom. The number of hydrogen-bond donors (Lipinski definition) is 2. The van der Waals surface area contributed by atoms with Crippen molar-refractivity contribution in [2.45, 2.75) is 31.7 Å². The van der Waals surface area contributed by atoms with E-state index in [0.29, 0.717) is 0 Å². The summed E-state index contributed by atoms with van der Waals surface area (Å²) in [5.41, 5.74) is 1.09. The summed E-state index contributed by atoms with van der Waals surface area (Å²) in [6.07, 6.45) is 0. The number of amides is 1. The molecule has 3 rings (SSSR count). The molecular weight excluding hydrogens is 516 g/mol. The number of hydrogen-bond acceptors (Lipinski definition) is 8. The van der Waals surface area contributed by atoms with Gasteiger partial charge in [-0.05, 0) is 36.6 Å². The first-order chi connectivity index (χ1) is 17.6. The Morgan fingerprint density at radius 2 is 1.57 bits per heavy atom. The summed E-state index contributed by atoms with van der Waals surface area (Å²) in [6.45, 7) is 4.48. The number of rotatable bonds is 11. The van der Waals surface area contributed by atoms with Crippen molar-refractivity contribution in [3.63, 3.8) is 0 Å². The van der Waals surface area contributed by atoms with Crippen LogP contribution in [0.25, 0.3) is 10.4 Å². The van der Waals surface area contributed by atoms with Gasteiger partial charge in [-0.3, -0.25) is 9.59 Å². The highest BCUT2D eigenvalue weighted by molar-refractivity contribution is 7.89. The molecule has 0 spiro atoms. The second kappa shape index (κ2) is 12.6. The highest BCUT2D eigenvalue weighted by Gasteiger charge is 2.30. The van der Waals surface area contributed by atoms with Gasteiger partial charge in [-0.15, -0.1) is 11.3 Å². The summed E-state index contributed by atoms with van der Waals surface area (Å²) in [5.74, 6) is -2.62. The van der Waals surface area contributed by atoms with Crippen LogP contribution in [0.1, 0.15) is 30.4 Å². The second-order valence-electron chi connectivity index (χ2n) is 8.25. The van der Waals surface area contributed by atoms with Crippen LogP contribution in [0.5, 0.6) is 0 Å². The van der Waals surface area contributed by atoms with Gasteiger partial charge in [-0.1, -0.05) is 62.4 Å². The fraction of sp³-hybridized carbons (Fsp3) is 0.269. The van der Waals surface area contributed by atoms with Crippen molar-refractivity contribution in [1.29, 1.82) is 0 Å². The Labute approximate surface area is 219 Å². The maximum atomic E-state index is 12.7. The molecule has 1 aromatic heterocycles. The van der Waals surface area contributed by atoms with Crippen LogP contribution in [0.3, 0.4) is 0 Å². The van der Waals surface area contributed by atoms with Crippen LogP contribution >= 0.6 is 11.3 Å². The van der Waals surface area contributed by atoms with E-state index < -0.39 is 46.4 Å². The molecule has 37 heavy (non-hydrogen) atoms. The summed E-state index contributed by atoms with van der Waals surface area (Å²) >= 11 is 1.17. The first kappa shape index (κ1) is 28.0. The number of carbonyl (C=O) groups excluding carboxylic acids is 3. The average Bonchev–Trinajstić information content (AvgIpc) is 3.30. The molecular formula is C26H28N2O7S2. The van der Waals surface area contributed by atoms with Gasteiger partial charge in [0, 0.05) is 4.88 Å². The van der Waals surface area contributed by atoms with Gasteiger partial charge >= 0.3 is 11.9 Å². The molecule has 1 amide bonds. The fourth-order valence-electron chi connectivity index (χ4n) is 3.28. The van der Waals surface area contributed by atoms with Crippen molar-refractivity contribution in [1.82, 2.24) is 4.72 Å². The SMILES string of the molecule is CCOC(=O)c1sc(-c2ccccc2)cc1NC(=O)COC(=O)C(NS(=O)(=O)c1ccccc1)C(C)C. The molecule has 2 aromatic carbocycles. The lowest BCUT2D eigenvalue weighted by Crippen LogP contribution is -2.45. The maximum absolute atomic E-state index is 12.7. The van der Waals surface area contributed by atoms with Crippen molar-refractivity contribution in [3.8, 4) is 10.4 Å². The molecule has 0 aliphatic heterocycles. The molecule has 0 saturated heterocycles. The Bertz CT molecular complexity index is 1340. The Hall–Kier alpha value is -3.54. The number of benzene rings is 2. The van der Waals surface area contributed by atoms with Gasteiger partial charge in [0.15, 0.2) is 6.61 Å². The Morgan fingerprint density at radius 3 is 2.16 bits per heavy atom. The molecule has 11 heteroatoms. The van der Waals surface area contributed by atoms with E-state index in [1.807, 2.05) is 30.3 Å². The van der Waals surface area contributed by atoms with Gasteiger partial charge in [-0.2, -0.15) is 4.72 Å². The third-order valence-corrected chi connectivity index (χ3v) is 7.75. The zero-order chi connectivity index (χ0) is 27.0. The van der Waals surface area contributed by atoms with Crippen LogP contribution in [0.4, 0.5) is 5.69 Å². The van der Waals surface area contributed by atoms with Crippen LogP contribution in [-0.2, 0) is 29.1 Å². The van der Waals surface area contributed by atoms with Gasteiger partial charge in [0.2, 0.25) is 10.0 Å². The lowest BCUT2D eigenvalue weighted by molar-refractivity contribution is -0.150. The summed E-state index contributed by atoms with van der Waals surface area (Å²) in [6, 6.07) is 17.4. The predicted molar refractivity (Wildman–Crippen MR) is 141 cm³/mol. The van der Waals surface area contributed by atoms with Gasteiger partial charge in [0.05, 0.1) is 17.2 Å². The molecule has 9 nitrogen and oxygen atoms in total. The van der Waals surface area contributed by atoms with Crippen molar-refractivity contribution >= 4 is 44.9 Å². The van der Waals surface area contributed by atoms with E-state index in [9.17, 15) is 22.8 Å². The molecule has 0 bridgehead atoms. The zero-order valence-electron chi connectivity index (χ0n) is 20.6. The smallest absolute Gasteiger partial charge is 0.350 e. The van der Waals surface area contributed by atoms with E-state index in [2.05, 4.69) is 10.0 Å². The van der Waals surface area contributed by atoms with Crippen LogP contribution in [0.15, 0.2) is 71.6 Å². The lowest BCUT2D eigenvalue weighted by Gasteiger charge is -2.20. The molecule has 1 atom stereocenters. The first-order valence-electron chi connectivity index (χ1n) is 11.5. The average molecular weight is 545 g/mol. The van der Waals surface area contributed by atoms with Gasteiger partial charge < -0.3 is 14.8 Å². The van der Waals surface area contributed by atoms with Crippen LogP contribution in [0.2, 0.25) is 0 Å². The van der Waals surface area contributed by atoms with E-state index in [-0.39, 0.29) is 22.1 Å². The van der Waals surface area contributed by atoms with E-state index >= 15 is 0 Å². The highest BCUT2D eigenvalue weighted by atomic mass is 32.2. The number of ether oxygens (including phenoxy) is 2. The fourth-order valence-corrected chi connectivity index (χ4v) is 5.65. The molecule has 2 N–H and O–H groups in total. The van der Waals surface area contributed by atoms with E-state index in [1.165, 1.54) is 23.5 Å². The summed E-state index contributed by atoms with van der Waals surface area (Å²) < 4.78 is 37.9. The molecule has 0 fully saturated rings. The molecule has 0 saturated carbocycles. The number of esters is 2. The van der Waals surface area contributed by atoms with E-state index in [0.717, 1.165) is 10.4 Å². The van der Waals surface area contributed by atoms with Crippen LogP contribution < -0.4 is 10.0 Å². The first-order valence-corrected chi connectivity index (χ1v) is 13.8. The molecule has 1 unspecified atom stereocenters. The highest BCUT2D eigenvalue weighted by Crippen LogP contribution is 2.35. The third-order valence-electron chi connectivity index (χ3n) is 5.13.